The molecule has 178 valence electrons. The smallest absolute Gasteiger partial charge is 0.416 e. The predicted molar refractivity (Wildman–Crippen MR) is 119 cm³/mol. The molecule has 3 rings (SSSR count). The van der Waals surface area contributed by atoms with Gasteiger partial charge in [-0.05, 0) is 54.6 Å². The van der Waals surface area contributed by atoms with Gasteiger partial charge in [-0.3, -0.25) is 9.10 Å². The van der Waals surface area contributed by atoms with Crippen LogP contribution >= 0.6 is 0 Å². The fourth-order valence-electron chi connectivity index (χ4n) is 3.01. The van der Waals surface area contributed by atoms with Crippen LogP contribution in [0.15, 0.2) is 83.8 Å². The van der Waals surface area contributed by atoms with Crippen molar-refractivity contribution in [2.75, 3.05) is 23.3 Å². The van der Waals surface area contributed by atoms with E-state index in [1.165, 1.54) is 61.7 Å². The minimum Gasteiger partial charge on any atom is -0.465 e. The Bertz CT molecular complexity index is 1280. The van der Waals surface area contributed by atoms with Crippen LogP contribution in [-0.2, 0) is 25.7 Å². The van der Waals surface area contributed by atoms with Crippen LogP contribution in [0.5, 0.6) is 0 Å². The molecule has 0 bridgehead atoms. The van der Waals surface area contributed by atoms with Crippen molar-refractivity contribution >= 4 is 33.3 Å². The Morgan fingerprint density at radius 3 is 2.18 bits per heavy atom. The third-order valence-corrected chi connectivity index (χ3v) is 6.46. The summed E-state index contributed by atoms with van der Waals surface area (Å²) in [6.07, 6.45) is -4.71. The van der Waals surface area contributed by atoms with Crippen molar-refractivity contribution in [1.29, 1.82) is 0 Å². The molecule has 1 N–H and O–H groups in total. The first-order valence-corrected chi connectivity index (χ1v) is 11.2. The van der Waals surface area contributed by atoms with Gasteiger partial charge in [0.1, 0.15) is 6.54 Å². The van der Waals surface area contributed by atoms with E-state index in [9.17, 15) is 31.2 Å². The van der Waals surface area contributed by atoms with Crippen molar-refractivity contribution in [3.63, 3.8) is 0 Å². The number of carbonyl (C=O) groups is 2. The Morgan fingerprint density at radius 2 is 1.59 bits per heavy atom. The maximum absolute atomic E-state index is 13.2. The molecule has 7 nitrogen and oxygen atoms in total. The minimum absolute atomic E-state index is 0.192. The Kier molecular flexibility index (Phi) is 7.26. The molecule has 0 fully saturated rings. The number of amides is 1. The van der Waals surface area contributed by atoms with Gasteiger partial charge in [0.2, 0.25) is 5.91 Å². The van der Waals surface area contributed by atoms with Crippen molar-refractivity contribution in [2.24, 2.45) is 0 Å². The highest BCUT2D eigenvalue weighted by Gasteiger charge is 2.33. The quantitative estimate of drug-likeness (QED) is 0.496. The van der Waals surface area contributed by atoms with Gasteiger partial charge < -0.3 is 10.1 Å². The van der Waals surface area contributed by atoms with Crippen LogP contribution in [0.4, 0.5) is 24.5 Å². The Labute approximate surface area is 193 Å². The van der Waals surface area contributed by atoms with Crippen molar-refractivity contribution in [1.82, 2.24) is 0 Å². The van der Waals surface area contributed by atoms with Crippen LogP contribution in [-0.4, -0.2) is 33.9 Å². The van der Waals surface area contributed by atoms with E-state index in [0.717, 1.165) is 12.1 Å². The molecule has 0 saturated carbocycles. The van der Waals surface area contributed by atoms with Crippen molar-refractivity contribution < 1.29 is 35.9 Å². The number of carbonyl (C=O) groups excluding carboxylic acids is 2. The topological polar surface area (TPSA) is 92.8 Å². The number of nitrogens with one attached hydrogen (secondary N) is 1. The van der Waals surface area contributed by atoms with E-state index in [1.807, 2.05) is 0 Å². The molecule has 0 unspecified atom stereocenters. The summed E-state index contributed by atoms with van der Waals surface area (Å²) in [6.45, 7) is -0.794. The summed E-state index contributed by atoms with van der Waals surface area (Å²) in [5, 5.41) is 2.48. The Morgan fingerprint density at radius 1 is 0.941 bits per heavy atom. The van der Waals surface area contributed by atoms with Crippen LogP contribution in [0.1, 0.15) is 15.9 Å². The number of benzene rings is 3. The number of methoxy groups -OCH3 is 1. The largest absolute Gasteiger partial charge is 0.465 e. The number of nitrogens with zero attached hydrogens (tertiary/aromatic N) is 1. The summed E-state index contributed by atoms with van der Waals surface area (Å²) >= 11 is 0. The van der Waals surface area contributed by atoms with Crippen molar-refractivity contribution in [3.8, 4) is 0 Å². The van der Waals surface area contributed by atoms with E-state index in [2.05, 4.69) is 10.1 Å². The summed E-state index contributed by atoms with van der Waals surface area (Å²) in [6, 6.07) is 16.4. The Hall–Kier alpha value is -3.86. The molecule has 11 heteroatoms. The van der Waals surface area contributed by atoms with Gasteiger partial charge in [-0.1, -0.05) is 24.3 Å². The molecule has 1 amide bonds. The van der Waals surface area contributed by atoms with E-state index < -0.39 is 40.2 Å². The lowest BCUT2D eigenvalue weighted by Crippen LogP contribution is -2.38. The van der Waals surface area contributed by atoms with Gasteiger partial charge in [0.25, 0.3) is 10.0 Å². The summed E-state index contributed by atoms with van der Waals surface area (Å²) in [4.78, 5) is 24.0. The molecule has 34 heavy (non-hydrogen) atoms. The highest BCUT2D eigenvalue weighted by atomic mass is 32.2. The van der Waals surface area contributed by atoms with Crippen LogP contribution in [0.3, 0.4) is 0 Å². The lowest BCUT2D eigenvalue weighted by Gasteiger charge is -2.25. The lowest BCUT2D eigenvalue weighted by atomic mass is 10.2. The van der Waals surface area contributed by atoms with Crippen molar-refractivity contribution in [3.05, 3.63) is 90.0 Å². The molecule has 3 aromatic carbocycles. The number of sulfonamides is 1. The molecule has 0 aliphatic carbocycles. The highest BCUT2D eigenvalue weighted by molar-refractivity contribution is 7.92. The fraction of sp³-hybridized carbons (Fsp3) is 0.130. The van der Waals surface area contributed by atoms with E-state index in [0.29, 0.717) is 10.4 Å². The minimum atomic E-state index is -4.71. The van der Waals surface area contributed by atoms with Crippen LogP contribution < -0.4 is 9.62 Å². The molecular weight excluding hydrogens is 473 g/mol. The molecule has 0 heterocycles. The van der Waals surface area contributed by atoms with E-state index in [4.69, 9.17) is 0 Å². The molecular formula is C23H19F3N2O5S. The lowest BCUT2D eigenvalue weighted by molar-refractivity contribution is -0.137. The van der Waals surface area contributed by atoms with Gasteiger partial charge in [0.15, 0.2) is 0 Å². The van der Waals surface area contributed by atoms with Crippen LogP contribution in [0.2, 0.25) is 0 Å². The van der Waals surface area contributed by atoms with Crippen LogP contribution in [0.25, 0.3) is 0 Å². The molecule has 0 aromatic heterocycles. The number of anilines is 2. The summed E-state index contributed by atoms with van der Waals surface area (Å²) in [5.41, 5.74) is -0.900. The highest BCUT2D eigenvalue weighted by Crippen LogP contribution is 2.33. The fourth-order valence-corrected chi connectivity index (χ4v) is 4.44. The van der Waals surface area contributed by atoms with Gasteiger partial charge >= 0.3 is 12.1 Å². The summed E-state index contributed by atoms with van der Waals surface area (Å²) in [7, 11) is -3.17. The zero-order valence-corrected chi connectivity index (χ0v) is 18.6. The molecule has 0 aliphatic rings. The summed E-state index contributed by atoms with van der Waals surface area (Å²) in [5.74, 6) is -1.38. The van der Waals surface area contributed by atoms with Crippen LogP contribution in [0, 0.1) is 0 Å². The van der Waals surface area contributed by atoms with Gasteiger partial charge in [-0.15, -0.1) is 0 Å². The number of ether oxygens (including phenoxy) is 1. The first-order valence-electron chi connectivity index (χ1n) is 9.75. The van der Waals surface area contributed by atoms with Crippen molar-refractivity contribution in [2.45, 2.75) is 11.1 Å². The molecule has 0 spiro atoms. The van der Waals surface area contributed by atoms with Gasteiger partial charge in [0.05, 0.1) is 28.8 Å². The number of esters is 1. The number of alkyl halides is 3. The molecule has 3 aromatic rings. The Balaban J connectivity index is 1.93. The second kappa shape index (κ2) is 9.96. The normalized spacial score (nSPS) is 11.5. The van der Waals surface area contributed by atoms with Gasteiger partial charge in [-0.25, -0.2) is 13.2 Å². The number of hydrogen-bond acceptors (Lipinski definition) is 5. The molecule has 0 atom stereocenters. The second-order valence-electron chi connectivity index (χ2n) is 6.99. The van der Waals surface area contributed by atoms with Gasteiger partial charge in [-0.2, -0.15) is 13.2 Å². The third-order valence-electron chi connectivity index (χ3n) is 4.67. The molecule has 0 saturated heterocycles. The number of hydrogen-bond donors (Lipinski definition) is 1. The van der Waals surface area contributed by atoms with E-state index in [-0.39, 0.29) is 21.8 Å². The first-order chi connectivity index (χ1) is 16.0. The SMILES string of the molecule is COC(=O)c1ccc(NC(=O)CN(c2cccc(C(F)(F)F)c2)S(=O)(=O)c2ccccc2)cc1. The monoisotopic (exact) mass is 492 g/mol. The summed E-state index contributed by atoms with van der Waals surface area (Å²) < 4.78 is 71.4. The average Bonchev–Trinajstić information content (AvgIpc) is 2.82. The standard InChI is InChI=1S/C23H19F3N2O5S/c1-33-22(30)16-10-12-18(13-11-16)27-21(29)15-28(34(31,32)20-8-3-2-4-9-20)19-7-5-6-17(14-19)23(24,25)26/h2-14H,15H2,1H3,(H,27,29). The second-order valence-corrected chi connectivity index (χ2v) is 8.85. The maximum Gasteiger partial charge on any atom is 0.416 e. The molecule has 0 radical (unpaired) electrons. The maximum atomic E-state index is 13.2. The molecule has 0 aliphatic heterocycles. The van der Waals surface area contributed by atoms with E-state index in [1.54, 1.807) is 6.07 Å². The predicted octanol–water partition coefficient (Wildman–Crippen LogP) is 4.33. The zero-order valence-electron chi connectivity index (χ0n) is 17.7. The average molecular weight is 492 g/mol. The zero-order chi connectivity index (χ0) is 24.9. The first kappa shape index (κ1) is 24.8. The number of rotatable bonds is 7. The number of halogens is 3. The van der Waals surface area contributed by atoms with Gasteiger partial charge in [0, 0.05) is 5.69 Å². The van der Waals surface area contributed by atoms with E-state index >= 15 is 0 Å². The third kappa shape index (κ3) is 5.73.